The van der Waals surface area contributed by atoms with Crippen molar-refractivity contribution in [2.45, 2.75) is 32.9 Å². The first-order valence-corrected chi connectivity index (χ1v) is 9.72. The molecule has 32 heavy (non-hydrogen) atoms. The number of rotatable bonds is 3. The molecule has 4 rings (SSSR count). The summed E-state index contributed by atoms with van der Waals surface area (Å²) >= 11 is 0. The molecule has 0 unspecified atom stereocenters. The minimum Gasteiger partial charge on any atom is -0.505 e. The van der Waals surface area contributed by atoms with Gasteiger partial charge in [-0.25, -0.2) is 9.18 Å². The number of nitrogens with zero attached hydrogens (tertiary/aromatic N) is 2. The van der Waals surface area contributed by atoms with E-state index in [2.05, 4.69) is 4.98 Å². The molecule has 1 aliphatic heterocycles. The monoisotopic (exact) mass is 438 g/mol. The summed E-state index contributed by atoms with van der Waals surface area (Å²) in [7, 11) is 0. The van der Waals surface area contributed by atoms with Gasteiger partial charge < -0.3 is 14.6 Å². The Morgan fingerprint density at radius 2 is 1.75 bits per heavy atom. The van der Waals surface area contributed by atoms with Crippen LogP contribution in [0.3, 0.4) is 0 Å². The Bertz CT molecular complexity index is 1260. The fourth-order valence-electron chi connectivity index (χ4n) is 3.41. The third-order valence-corrected chi connectivity index (χ3v) is 4.74. The van der Waals surface area contributed by atoms with E-state index in [1.165, 1.54) is 42.6 Å². The van der Waals surface area contributed by atoms with Crippen LogP contribution in [0, 0.1) is 5.82 Å². The Balaban J connectivity index is 1.83. The Hall–Kier alpha value is -4.01. The quantitative estimate of drug-likeness (QED) is 0.371. The second-order valence-corrected chi connectivity index (χ2v) is 8.22. The molecule has 164 valence electrons. The van der Waals surface area contributed by atoms with Crippen LogP contribution in [0.25, 0.3) is 10.9 Å². The van der Waals surface area contributed by atoms with Crippen molar-refractivity contribution >= 4 is 28.9 Å². The second-order valence-electron chi connectivity index (χ2n) is 8.22. The third kappa shape index (κ3) is 3.73. The average molecular weight is 438 g/mol. The lowest BCUT2D eigenvalue weighted by Gasteiger charge is -2.20. The predicted octanol–water partition coefficient (Wildman–Crippen LogP) is 4.19. The fourth-order valence-corrected chi connectivity index (χ4v) is 3.41. The maximum atomic E-state index is 13.2. The summed E-state index contributed by atoms with van der Waals surface area (Å²) < 4.78 is 23.8. The Morgan fingerprint density at radius 1 is 1.09 bits per heavy atom. The molecule has 0 bridgehead atoms. The highest BCUT2D eigenvalue weighted by molar-refractivity contribution is 6.27. The van der Waals surface area contributed by atoms with Gasteiger partial charge in [-0.3, -0.25) is 19.5 Å². The number of imide groups is 1. The van der Waals surface area contributed by atoms with Gasteiger partial charge >= 0.3 is 6.16 Å². The number of aromatic hydroxyl groups is 1. The van der Waals surface area contributed by atoms with Crippen LogP contribution in [0.2, 0.25) is 0 Å². The standard InChI is InChI=1S/C23H19FN2O6/c1-23(2,3)32-22(30)31-19-14-5-4-10-25-17(14)18(27)15-16(19)21(29)26(20(15)28)11-12-6-8-13(24)9-7-12/h4-10,27H,11H2,1-3H3. The van der Waals surface area contributed by atoms with E-state index >= 15 is 0 Å². The van der Waals surface area contributed by atoms with Gasteiger partial charge in [-0.2, -0.15) is 0 Å². The lowest BCUT2D eigenvalue weighted by Crippen LogP contribution is -2.29. The van der Waals surface area contributed by atoms with Gasteiger partial charge in [0.25, 0.3) is 11.8 Å². The first-order valence-electron chi connectivity index (χ1n) is 9.72. The van der Waals surface area contributed by atoms with Crippen molar-refractivity contribution < 1.29 is 33.4 Å². The van der Waals surface area contributed by atoms with E-state index in [1.807, 2.05) is 0 Å². The van der Waals surface area contributed by atoms with Crippen molar-refractivity contribution in [3.8, 4) is 11.5 Å². The van der Waals surface area contributed by atoms with E-state index < -0.39 is 35.1 Å². The summed E-state index contributed by atoms with van der Waals surface area (Å²) in [5, 5.41) is 10.9. The Labute approximate surface area is 182 Å². The minimum atomic E-state index is -1.08. The van der Waals surface area contributed by atoms with Crippen LogP contribution in [-0.2, 0) is 11.3 Å². The number of phenolic OH excluding ortho intramolecular Hbond substituents is 1. The van der Waals surface area contributed by atoms with E-state index in [1.54, 1.807) is 20.8 Å². The van der Waals surface area contributed by atoms with E-state index in [9.17, 15) is 23.9 Å². The Kier molecular flexibility index (Phi) is 5.04. The van der Waals surface area contributed by atoms with Crippen LogP contribution in [0.5, 0.6) is 11.5 Å². The first-order chi connectivity index (χ1) is 15.1. The predicted molar refractivity (Wildman–Crippen MR) is 111 cm³/mol. The molecule has 9 heteroatoms. The Morgan fingerprint density at radius 3 is 2.41 bits per heavy atom. The van der Waals surface area contributed by atoms with Gasteiger partial charge in [0.2, 0.25) is 0 Å². The summed E-state index contributed by atoms with van der Waals surface area (Å²) in [5.74, 6) is -2.73. The zero-order chi connectivity index (χ0) is 23.2. The third-order valence-electron chi connectivity index (χ3n) is 4.74. The number of carbonyl (C=O) groups excluding carboxylic acids is 3. The van der Waals surface area contributed by atoms with Gasteiger partial charge in [0, 0.05) is 11.6 Å². The van der Waals surface area contributed by atoms with E-state index in [4.69, 9.17) is 9.47 Å². The smallest absolute Gasteiger partial charge is 0.505 e. The average Bonchev–Trinajstić information content (AvgIpc) is 2.96. The van der Waals surface area contributed by atoms with E-state index in [0.29, 0.717) is 5.56 Å². The molecule has 1 aromatic heterocycles. The zero-order valence-electron chi connectivity index (χ0n) is 17.5. The van der Waals surface area contributed by atoms with Gasteiger partial charge in [-0.1, -0.05) is 12.1 Å². The van der Waals surface area contributed by atoms with Gasteiger partial charge in [0.05, 0.1) is 6.54 Å². The number of benzene rings is 2. The summed E-state index contributed by atoms with van der Waals surface area (Å²) in [6, 6.07) is 8.33. The van der Waals surface area contributed by atoms with Crippen molar-refractivity contribution in [1.29, 1.82) is 0 Å². The van der Waals surface area contributed by atoms with Crippen LogP contribution in [-0.4, -0.2) is 38.6 Å². The molecular formula is C23H19FN2O6. The largest absolute Gasteiger partial charge is 0.514 e. The maximum absolute atomic E-state index is 13.2. The number of aromatic nitrogens is 1. The molecule has 2 aromatic carbocycles. The number of hydrogen-bond acceptors (Lipinski definition) is 7. The molecule has 2 heterocycles. The van der Waals surface area contributed by atoms with Crippen molar-refractivity contribution in [3.05, 3.63) is 65.1 Å². The molecule has 2 amide bonds. The molecule has 0 saturated heterocycles. The van der Waals surface area contributed by atoms with E-state index in [-0.39, 0.29) is 34.3 Å². The number of amides is 2. The van der Waals surface area contributed by atoms with Crippen molar-refractivity contribution in [2.75, 3.05) is 0 Å². The summed E-state index contributed by atoms with van der Waals surface area (Å²) in [6.07, 6.45) is 0.316. The first kappa shape index (κ1) is 21.2. The molecule has 1 N–H and O–H groups in total. The number of hydrogen-bond donors (Lipinski definition) is 1. The molecule has 0 fully saturated rings. The molecule has 1 aliphatic rings. The highest BCUT2D eigenvalue weighted by Crippen LogP contribution is 2.44. The van der Waals surface area contributed by atoms with Crippen LogP contribution < -0.4 is 4.74 Å². The van der Waals surface area contributed by atoms with Crippen molar-refractivity contribution in [1.82, 2.24) is 9.88 Å². The van der Waals surface area contributed by atoms with E-state index in [0.717, 1.165) is 4.90 Å². The molecule has 0 spiro atoms. The molecule has 0 aliphatic carbocycles. The number of halogens is 1. The van der Waals surface area contributed by atoms with Gasteiger partial charge in [-0.05, 0) is 50.6 Å². The van der Waals surface area contributed by atoms with Crippen LogP contribution >= 0.6 is 0 Å². The number of carbonyl (C=O) groups is 3. The molecule has 0 radical (unpaired) electrons. The van der Waals surface area contributed by atoms with Crippen molar-refractivity contribution in [2.24, 2.45) is 0 Å². The molecule has 0 atom stereocenters. The summed E-state index contributed by atoms with van der Waals surface area (Å²) in [6.45, 7) is 4.78. The SMILES string of the molecule is CC(C)(C)OC(=O)Oc1c2c(c(O)c3ncccc13)C(=O)N(Cc1ccc(F)cc1)C2=O. The highest BCUT2D eigenvalue weighted by Gasteiger charge is 2.43. The van der Waals surface area contributed by atoms with Gasteiger partial charge in [0.15, 0.2) is 11.5 Å². The summed E-state index contributed by atoms with van der Waals surface area (Å²) in [4.78, 5) is 43.6. The maximum Gasteiger partial charge on any atom is 0.514 e. The highest BCUT2D eigenvalue weighted by atomic mass is 19.1. The van der Waals surface area contributed by atoms with Gasteiger partial charge in [-0.15, -0.1) is 0 Å². The number of pyridine rings is 1. The van der Waals surface area contributed by atoms with Gasteiger partial charge in [0.1, 0.15) is 28.1 Å². The topological polar surface area (TPSA) is 106 Å². The van der Waals surface area contributed by atoms with Crippen molar-refractivity contribution in [3.63, 3.8) is 0 Å². The lowest BCUT2D eigenvalue weighted by molar-refractivity contribution is 0.0208. The number of fused-ring (bicyclic) bond motifs is 2. The molecule has 0 saturated carbocycles. The fraction of sp³-hybridized carbons (Fsp3) is 0.217. The lowest BCUT2D eigenvalue weighted by atomic mass is 10.0. The summed E-state index contributed by atoms with van der Waals surface area (Å²) in [5.41, 5.74) is -0.949. The van der Waals surface area contributed by atoms with Crippen LogP contribution in [0.1, 0.15) is 47.1 Å². The molecule has 3 aromatic rings. The number of ether oxygens (including phenoxy) is 2. The molecular weight excluding hydrogens is 419 g/mol. The minimum absolute atomic E-state index is 0.00501. The second kappa shape index (κ2) is 7.60. The number of phenols is 1. The van der Waals surface area contributed by atoms with Crippen LogP contribution in [0.4, 0.5) is 9.18 Å². The molecule has 8 nitrogen and oxygen atoms in total. The zero-order valence-corrected chi connectivity index (χ0v) is 17.5. The van der Waals surface area contributed by atoms with Crippen LogP contribution in [0.15, 0.2) is 42.6 Å². The normalized spacial score (nSPS) is 13.4.